The molecule has 1 N–H and O–H groups in total. The maximum Gasteiger partial charge on any atom is 0.00369 e. The average molecular weight is 153 g/mol. The standard InChI is InChI=1S/C10H19N/c1-10(2,8-11-3)9-6-4-5-7-9/h6,11H,4-5,7-8H2,1-3H3. The second-order valence-electron chi connectivity index (χ2n) is 4.04. The summed E-state index contributed by atoms with van der Waals surface area (Å²) in [6, 6.07) is 0. The molecule has 0 bridgehead atoms. The predicted octanol–water partition coefficient (Wildman–Crippen LogP) is 2.34. The third-order valence-corrected chi connectivity index (χ3v) is 2.53. The predicted molar refractivity (Wildman–Crippen MR) is 49.6 cm³/mol. The Hall–Kier alpha value is -0.300. The van der Waals surface area contributed by atoms with Crippen LogP contribution >= 0.6 is 0 Å². The first-order chi connectivity index (χ1) is 5.17. The molecule has 1 aliphatic rings. The summed E-state index contributed by atoms with van der Waals surface area (Å²) in [5, 5.41) is 3.24. The lowest BCUT2D eigenvalue weighted by Crippen LogP contribution is -2.27. The highest BCUT2D eigenvalue weighted by Crippen LogP contribution is 2.33. The maximum absolute atomic E-state index is 3.24. The zero-order valence-electron chi connectivity index (χ0n) is 7.91. The summed E-state index contributed by atoms with van der Waals surface area (Å²) in [5.74, 6) is 0. The molecule has 1 rings (SSSR count). The molecule has 0 aromatic carbocycles. The van der Waals surface area contributed by atoms with Gasteiger partial charge in [-0.25, -0.2) is 0 Å². The molecule has 11 heavy (non-hydrogen) atoms. The fourth-order valence-electron chi connectivity index (χ4n) is 1.84. The minimum Gasteiger partial charge on any atom is -0.319 e. The molecular weight excluding hydrogens is 134 g/mol. The second kappa shape index (κ2) is 3.40. The lowest BCUT2D eigenvalue weighted by molar-refractivity contribution is 0.415. The Morgan fingerprint density at radius 3 is 2.73 bits per heavy atom. The van der Waals surface area contributed by atoms with Crippen molar-refractivity contribution in [1.29, 1.82) is 0 Å². The Labute approximate surface area is 69.9 Å². The lowest BCUT2D eigenvalue weighted by atomic mass is 9.84. The Bertz CT molecular complexity index is 156. The number of rotatable bonds is 3. The van der Waals surface area contributed by atoms with Crippen LogP contribution in [0.15, 0.2) is 11.6 Å². The third kappa shape index (κ3) is 2.06. The van der Waals surface area contributed by atoms with Gasteiger partial charge in [0.1, 0.15) is 0 Å². The van der Waals surface area contributed by atoms with Gasteiger partial charge in [-0.1, -0.05) is 25.5 Å². The largest absolute Gasteiger partial charge is 0.319 e. The van der Waals surface area contributed by atoms with Gasteiger partial charge in [-0.05, 0) is 31.7 Å². The van der Waals surface area contributed by atoms with Crippen LogP contribution in [0.4, 0.5) is 0 Å². The first kappa shape index (κ1) is 8.79. The van der Waals surface area contributed by atoms with Crippen LogP contribution in [-0.2, 0) is 0 Å². The highest BCUT2D eigenvalue weighted by Gasteiger charge is 2.23. The molecule has 1 nitrogen and oxygen atoms in total. The average Bonchev–Trinajstić information content (AvgIpc) is 2.37. The van der Waals surface area contributed by atoms with E-state index in [9.17, 15) is 0 Å². The number of hydrogen-bond acceptors (Lipinski definition) is 1. The van der Waals surface area contributed by atoms with Crippen LogP contribution in [0.2, 0.25) is 0 Å². The smallest absolute Gasteiger partial charge is 0.00369 e. The number of nitrogens with one attached hydrogen (secondary N) is 1. The van der Waals surface area contributed by atoms with Crippen molar-refractivity contribution in [2.45, 2.75) is 33.1 Å². The van der Waals surface area contributed by atoms with Gasteiger partial charge in [-0.15, -0.1) is 0 Å². The molecular formula is C10H19N. The van der Waals surface area contributed by atoms with E-state index in [2.05, 4.69) is 25.2 Å². The molecule has 0 aromatic heterocycles. The van der Waals surface area contributed by atoms with Gasteiger partial charge in [0.25, 0.3) is 0 Å². The zero-order chi connectivity index (χ0) is 8.32. The molecule has 0 saturated heterocycles. The Morgan fingerprint density at radius 1 is 1.55 bits per heavy atom. The fourth-order valence-corrected chi connectivity index (χ4v) is 1.84. The monoisotopic (exact) mass is 153 g/mol. The van der Waals surface area contributed by atoms with Crippen molar-refractivity contribution >= 4 is 0 Å². The van der Waals surface area contributed by atoms with E-state index < -0.39 is 0 Å². The van der Waals surface area contributed by atoms with Crippen LogP contribution in [0, 0.1) is 5.41 Å². The van der Waals surface area contributed by atoms with Crippen molar-refractivity contribution < 1.29 is 0 Å². The van der Waals surface area contributed by atoms with Gasteiger partial charge in [0.05, 0.1) is 0 Å². The molecule has 0 unspecified atom stereocenters. The SMILES string of the molecule is CNCC(C)(C)C1=CCCC1. The van der Waals surface area contributed by atoms with Gasteiger partial charge < -0.3 is 5.32 Å². The quantitative estimate of drug-likeness (QED) is 0.614. The fraction of sp³-hybridized carbons (Fsp3) is 0.800. The van der Waals surface area contributed by atoms with Crippen molar-refractivity contribution in [1.82, 2.24) is 5.32 Å². The van der Waals surface area contributed by atoms with Crippen LogP contribution in [0.3, 0.4) is 0 Å². The van der Waals surface area contributed by atoms with Crippen molar-refractivity contribution in [3.63, 3.8) is 0 Å². The van der Waals surface area contributed by atoms with E-state index in [-0.39, 0.29) is 0 Å². The molecule has 0 spiro atoms. The molecule has 64 valence electrons. The van der Waals surface area contributed by atoms with E-state index in [1.54, 1.807) is 5.57 Å². The van der Waals surface area contributed by atoms with Gasteiger partial charge in [0.2, 0.25) is 0 Å². The van der Waals surface area contributed by atoms with Crippen molar-refractivity contribution in [3.05, 3.63) is 11.6 Å². The molecule has 1 aliphatic carbocycles. The molecule has 0 aliphatic heterocycles. The Morgan fingerprint density at radius 2 is 2.27 bits per heavy atom. The summed E-state index contributed by atoms with van der Waals surface area (Å²) in [6.07, 6.45) is 6.39. The van der Waals surface area contributed by atoms with Gasteiger partial charge in [0, 0.05) is 6.54 Å². The highest BCUT2D eigenvalue weighted by atomic mass is 14.8. The van der Waals surface area contributed by atoms with Gasteiger partial charge in [-0.2, -0.15) is 0 Å². The lowest BCUT2D eigenvalue weighted by Gasteiger charge is -2.26. The van der Waals surface area contributed by atoms with Crippen LogP contribution in [0.25, 0.3) is 0 Å². The summed E-state index contributed by atoms with van der Waals surface area (Å²) >= 11 is 0. The molecule has 0 atom stereocenters. The normalized spacial score (nSPS) is 18.6. The maximum atomic E-state index is 3.24. The minimum absolute atomic E-state index is 0.380. The second-order valence-corrected chi connectivity index (χ2v) is 4.04. The van der Waals surface area contributed by atoms with Crippen LogP contribution < -0.4 is 5.32 Å². The zero-order valence-corrected chi connectivity index (χ0v) is 7.91. The first-order valence-electron chi connectivity index (χ1n) is 4.51. The molecule has 0 radical (unpaired) electrons. The molecule has 0 aromatic rings. The van der Waals surface area contributed by atoms with Gasteiger partial charge in [-0.3, -0.25) is 0 Å². The molecule has 0 saturated carbocycles. The summed E-state index contributed by atoms with van der Waals surface area (Å²) in [6.45, 7) is 5.74. The van der Waals surface area contributed by atoms with Gasteiger partial charge in [0.15, 0.2) is 0 Å². The topological polar surface area (TPSA) is 12.0 Å². The van der Waals surface area contributed by atoms with E-state index >= 15 is 0 Å². The molecule has 0 fully saturated rings. The van der Waals surface area contributed by atoms with E-state index in [1.165, 1.54) is 19.3 Å². The summed E-state index contributed by atoms with van der Waals surface area (Å²) in [7, 11) is 2.03. The number of hydrogen-bond donors (Lipinski definition) is 1. The Balaban J connectivity index is 2.55. The van der Waals surface area contributed by atoms with Crippen LogP contribution in [0.5, 0.6) is 0 Å². The highest BCUT2D eigenvalue weighted by molar-refractivity contribution is 5.16. The van der Waals surface area contributed by atoms with Gasteiger partial charge >= 0.3 is 0 Å². The van der Waals surface area contributed by atoms with Crippen molar-refractivity contribution in [3.8, 4) is 0 Å². The van der Waals surface area contributed by atoms with E-state index in [4.69, 9.17) is 0 Å². The van der Waals surface area contributed by atoms with Crippen LogP contribution in [0.1, 0.15) is 33.1 Å². The van der Waals surface area contributed by atoms with Crippen molar-refractivity contribution in [2.24, 2.45) is 5.41 Å². The van der Waals surface area contributed by atoms with E-state index in [1.807, 2.05) is 7.05 Å². The first-order valence-corrected chi connectivity index (χ1v) is 4.51. The van der Waals surface area contributed by atoms with Crippen LogP contribution in [-0.4, -0.2) is 13.6 Å². The number of allylic oxidation sites excluding steroid dienone is 1. The van der Waals surface area contributed by atoms with E-state index in [0.717, 1.165) is 6.54 Å². The Kier molecular flexibility index (Phi) is 2.72. The summed E-state index contributed by atoms with van der Waals surface area (Å²) in [5.41, 5.74) is 2.03. The molecule has 1 heteroatoms. The third-order valence-electron chi connectivity index (χ3n) is 2.53. The summed E-state index contributed by atoms with van der Waals surface area (Å²) < 4.78 is 0. The van der Waals surface area contributed by atoms with Crippen molar-refractivity contribution in [2.75, 3.05) is 13.6 Å². The summed E-state index contributed by atoms with van der Waals surface area (Å²) in [4.78, 5) is 0. The van der Waals surface area contributed by atoms with E-state index in [0.29, 0.717) is 5.41 Å². The minimum atomic E-state index is 0.380. The molecule has 0 heterocycles. The molecule has 0 amide bonds.